The fraction of sp³-hybridized carbons (Fsp3) is 0.571. The van der Waals surface area contributed by atoms with Gasteiger partial charge in [-0.3, -0.25) is 0 Å². The van der Waals surface area contributed by atoms with Crippen LogP contribution in [0.25, 0.3) is 0 Å². The Morgan fingerprint density at radius 3 is 2.73 bits per heavy atom. The van der Waals surface area contributed by atoms with Crippen LogP contribution in [0.15, 0.2) is 24.3 Å². The third kappa shape index (κ3) is 3.35. The van der Waals surface area contributed by atoms with Gasteiger partial charge in [0.05, 0.1) is 0 Å². The number of hydrogen-bond acceptors (Lipinski definition) is 1. The van der Waals surface area contributed by atoms with Gasteiger partial charge in [0, 0.05) is 0 Å². The monoisotopic (exact) mass is 203 g/mol. The Bertz CT molecular complexity index is 283. The average molecular weight is 203 g/mol. The molecule has 0 saturated carbocycles. The molecular weight excluding hydrogens is 182 g/mol. The van der Waals surface area contributed by atoms with E-state index in [1.165, 1.54) is 49.9 Å². The molecule has 0 aromatic heterocycles. The summed E-state index contributed by atoms with van der Waals surface area (Å²) in [6.45, 7) is 4.60. The highest BCUT2D eigenvalue weighted by atomic mass is 14.9. The molecule has 1 nitrogen and oxygen atoms in total. The maximum atomic E-state index is 3.48. The first-order valence-corrected chi connectivity index (χ1v) is 6.11. The molecule has 1 aliphatic rings. The summed E-state index contributed by atoms with van der Waals surface area (Å²) in [6, 6.07) is 8.97. The molecular formula is C14H21N. The largest absolute Gasteiger partial charge is 0.316 e. The maximum Gasteiger partial charge on any atom is -0.00204 e. The Balaban J connectivity index is 1.79. The van der Waals surface area contributed by atoms with E-state index in [0.717, 1.165) is 5.92 Å². The second-order valence-corrected chi connectivity index (χ2v) is 4.74. The molecule has 82 valence electrons. The Morgan fingerprint density at radius 1 is 1.27 bits per heavy atom. The van der Waals surface area contributed by atoms with Gasteiger partial charge >= 0.3 is 0 Å². The van der Waals surface area contributed by atoms with Gasteiger partial charge in [-0.2, -0.15) is 0 Å². The van der Waals surface area contributed by atoms with Gasteiger partial charge in [-0.05, 0) is 57.2 Å². The summed E-state index contributed by atoms with van der Waals surface area (Å²) in [5.74, 6) is 0.903. The van der Waals surface area contributed by atoms with E-state index in [0.29, 0.717) is 0 Å². The predicted octanol–water partition coefficient (Wildman–Crippen LogP) is 2.93. The molecule has 1 aromatic carbocycles. The summed E-state index contributed by atoms with van der Waals surface area (Å²) >= 11 is 0. The molecule has 15 heavy (non-hydrogen) atoms. The van der Waals surface area contributed by atoms with E-state index in [2.05, 4.69) is 36.5 Å². The molecule has 0 radical (unpaired) electrons. The van der Waals surface area contributed by atoms with Crippen molar-refractivity contribution in [1.29, 1.82) is 0 Å². The van der Waals surface area contributed by atoms with Crippen LogP contribution < -0.4 is 5.32 Å². The number of benzene rings is 1. The van der Waals surface area contributed by atoms with Crippen molar-refractivity contribution in [3.8, 4) is 0 Å². The van der Waals surface area contributed by atoms with Crippen LogP contribution in [0.1, 0.15) is 30.4 Å². The Labute approximate surface area is 92.9 Å². The lowest BCUT2D eigenvalue weighted by Gasteiger charge is -2.22. The minimum atomic E-state index is 0.903. The molecule has 1 atom stereocenters. The van der Waals surface area contributed by atoms with Crippen molar-refractivity contribution >= 4 is 0 Å². The molecule has 2 rings (SSSR count). The van der Waals surface area contributed by atoms with Gasteiger partial charge in [0.15, 0.2) is 0 Å². The molecule has 0 amide bonds. The Hall–Kier alpha value is -0.820. The van der Waals surface area contributed by atoms with Crippen LogP contribution in [-0.4, -0.2) is 13.1 Å². The van der Waals surface area contributed by atoms with Crippen molar-refractivity contribution < 1.29 is 0 Å². The number of hydrogen-bond donors (Lipinski definition) is 1. The molecule has 1 unspecified atom stereocenters. The predicted molar refractivity (Wildman–Crippen MR) is 65.1 cm³/mol. The molecule has 1 heterocycles. The lowest BCUT2D eigenvalue weighted by molar-refractivity contribution is 0.358. The molecule has 1 aromatic rings. The van der Waals surface area contributed by atoms with E-state index >= 15 is 0 Å². The van der Waals surface area contributed by atoms with Crippen molar-refractivity contribution in [2.75, 3.05) is 13.1 Å². The van der Waals surface area contributed by atoms with Crippen molar-refractivity contribution in [1.82, 2.24) is 5.32 Å². The van der Waals surface area contributed by atoms with Gasteiger partial charge in [0.25, 0.3) is 0 Å². The molecule has 1 N–H and O–H groups in total. The lowest BCUT2D eigenvalue weighted by atomic mass is 9.92. The van der Waals surface area contributed by atoms with Gasteiger partial charge in [-0.1, -0.05) is 29.8 Å². The van der Waals surface area contributed by atoms with Crippen molar-refractivity contribution in [3.05, 3.63) is 35.4 Å². The number of rotatable bonds is 3. The van der Waals surface area contributed by atoms with Gasteiger partial charge in [0.1, 0.15) is 0 Å². The van der Waals surface area contributed by atoms with Crippen molar-refractivity contribution in [2.45, 2.75) is 32.6 Å². The fourth-order valence-corrected chi connectivity index (χ4v) is 2.30. The van der Waals surface area contributed by atoms with Crippen molar-refractivity contribution in [3.63, 3.8) is 0 Å². The lowest BCUT2D eigenvalue weighted by Crippen LogP contribution is -2.29. The third-order valence-electron chi connectivity index (χ3n) is 3.36. The van der Waals surface area contributed by atoms with E-state index in [-0.39, 0.29) is 0 Å². The van der Waals surface area contributed by atoms with E-state index in [1.807, 2.05) is 0 Å². The minimum Gasteiger partial charge on any atom is -0.316 e. The first-order valence-electron chi connectivity index (χ1n) is 6.11. The maximum absolute atomic E-state index is 3.48. The zero-order valence-corrected chi connectivity index (χ0v) is 9.63. The quantitative estimate of drug-likeness (QED) is 0.796. The second-order valence-electron chi connectivity index (χ2n) is 4.74. The summed E-state index contributed by atoms with van der Waals surface area (Å²) in [5, 5.41) is 3.48. The summed E-state index contributed by atoms with van der Waals surface area (Å²) in [6.07, 6.45) is 5.36. The molecule has 1 aliphatic heterocycles. The minimum absolute atomic E-state index is 0.903. The average Bonchev–Trinajstić information content (AvgIpc) is 2.30. The van der Waals surface area contributed by atoms with Crippen LogP contribution in [0.2, 0.25) is 0 Å². The summed E-state index contributed by atoms with van der Waals surface area (Å²) < 4.78 is 0. The van der Waals surface area contributed by atoms with Gasteiger partial charge in [0.2, 0.25) is 0 Å². The number of piperidine rings is 1. The summed E-state index contributed by atoms with van der Waals surface area (Å²) in [5.41, 5.74) is 2.85. The van der Waals surface area contributed by atoms with Crippen LogP contribution in [0, 0.1) is 12.8 Å². The summed E-state index contributed by atoms with van der Waals surface area (Å²) in [7, 11) is 0. The zero-order valence-electron chi connectivity index (χ0n) is 9.63. The van der Waals surface area contributed by atoms with Crippen molar-refractivity contribution in [2.24, 2.45) is 5.92 Å². The highest BCUT2D eigenvalue weighted by molar-refractivity contribution is 5.21. The van der Waals surface area contributed by atoms with Gasteiger partial charge in [-0.25, -0.2) is 0 Å². The Kier molecular flexibility index (Phi) is 3.79. The van der Waals surface area contributed by atoms with Gasteiger partial charge in [-0.15, -0.1) is 0 Å². The summed E-state index contributed by atoms with van der Waals surface area (Å²) in [4.78, 5) is 0. The van der Waals surface area contributed by atoms with Gasteiger partial charge < -0.3 is 5.32 Å². The normalized spacial score (nSPS) is 21.5. The Morgan fingerprint density at radius 2 is 2.07 bits per heavy atom. The molecule has 0 spiro atoms. The topological polar surface area (TPSA) is 12.0 Å². The number of aryl methyl sites for hydroxylation is 2. The fourth-order valence-electron chi connectivity index (χ4n) is 2.30. The third-order valence-corrected chi connectivity index (χ3v) is 3.36. The molecule has 0 aliphatic carbocycles. The SMILES string of the molecule is Cc1ccc(CCC2CCCNC2)cc1. The highest BCUT2D eigenvalue weighted by Gasteiger charge is 2.12. The highest BCUT2D eigenvalue weighted by Crippen LogP contribution is 2.17. The molecule has 0 bridgehead atoms. The molecule has 1 heteroatoms. The van der Waals surface area contributed by atoms with Crippen LogP contribution in [0.4, 0.5) is 0 Å². The van der Waals surface area contributed by atoms with Crippen LogP contribution in [0.3, 0.4) is 0 Å². The van der Waals surface area contributed by atoms with Crippen LogP contribution in [-0.2, 0) is 6.42 Å². The van der Waals surface area contributed by atoms with Crippen LogP contribution in [0.5, 0.6) is 0 Å². The zero-order chi connectivity index (χ0) is 10.5. The molecule has 1 saturated heterocycles. The van der Waals surface area contributed by atoms with E-state index in [1.54, 1.807) is 0 Å². The van der Waals surface area contributed by atoms with E-state index in [9.17, 15) is 0 Å². The molecule has 1 fully saturated rings. The standard InChI is InChI=1S/C14H21N/c1-12-4-6-13(7-5-12)8-9-14-3-2-10-15-11-14/h4-7,14-15H,2-3,8-11H2,1H3. The van der Waals surface area contributed by atoms with E-state index < -0.39 is 0 Å². The first-order chi connectivity index (χ1) is 7.34. The number of nitrogens with one attached hydrogen (secondary N) is 1. The van der Waals surface area contributed by atoms with E-state index in [4.69, 9.17) is 0 Å². The second kappa shape index (κ2) is 5.32. The first kappa shape index (κ1) is 10.7. The smallest absolute Gasteiger partial charge is 0.00204 e. The van der Waals surface area contributed by atoms with Crippen LogP contribution >= 0.6 is 0 Å².